The minimum atomic E-state index is -0.571. The maximum absolute atomic E-state index is 12.9. The Hall–Kier alpha value is -3.02. The highest BCUT2D eigenvalue weighted by atomic mass is 16.5. The molecule has 1 N–H and O–H groups in total. The van der Waals surface area contributed by atoms with Crippen LogP contribution < -0.4 is 19.9 Å². The number of amides is 2. The van der Waals surface area contributed by atoms with Gasteiger partial charge in [0.1, 0.15) is 11.8 Å². The molecule has 6 heteroatoms. The average Bonchev–Trinajstić information content (AvgIpc) is 3.02. The van der Waals surface area contributed by atoms with Crippen molar-refractivity contribution in [3.05, 3.63) is 48.5 Å². The van der Waals surface area contributed by atoms with Crippen LogP contribution in [-0.4, -0.2) is 38.1 Å². The molecule has 0 spiro atoms. The molecular formula is C22H25N3O3. The zero-order valence-corrected chi connectivity index (χ0v) is 16.1. The number of imide groups is 1. The predicted molar refractivity (Wildman–Crippen MR) is 110 cm³/mol. The van der Waals surface area contributed by atoms with Gasteiger partial charge in [-0.2, -0.15) is 0 Å². The van der Waals surface area contributed by atoms with Crippen LogP contribution in [0.3, 0.4) is 0 Å². The van der Waals surface area contributed by atoms with Crippen LogP contribution in [0.25, 0.3) is 0 Å². The number of hydrogen-bond donors (Lipinski definition) is 1. The van der Waals surface area contributed by atoms with E-state index in [0.717, 1.165) is 18.8 Å². The lowest BCUT2D eigenvalue weighted by molar-refractivity contribution is -0.121. The van der Waals surface area contributed by atoms with Crippen LogP contribution in [0.1, 0.15) is 25.7 Å². The van der Waals surface area contributed by atoms with Crippen molar-refractivity contribution in [2.24, 2.45) is 0 Å². The second kappa shape index (κ2) is 7.92. The highest BCUT2D eigenvalue weighted by Crippen LogP contribution is 2.32. The van der Waals surface area contributed by atoms with Gasteiger partial charge in [0.05, 0.1) is 19.2 Å². The Morgan fingerprint density at radius 3 is 2.39 bits per heavy atom. The third-order valence-electron chi connectivity index (χ3n) is 5.40. The Kier molecular flexibility index (Phi) is 5.19. The smallest absolute Gasteiger partial charge is 0.256 e. The summed E-state index contributed by atoms with van der Waals surface area (Å²) >= 11 is 0. The second-order valence-corrected chi connectivity index (χ2v) is 7.23. The summed E-state index contributed by atoms with van der Waals surface area (Å²) in [6, 6.07) is 14.6. The van der Waals surface area contributed by atoms with Gasteiger partial charge in [-0.1, -0.05) is 12.1 Å². The van der Waals surface area contributed by atoms with Crippen molar-refractivity contribution in [2.75, 3.05) is 35.3 Å². The van der Waals surface area contributed by atoms with E-state index >= 15 is 0 Å². The van der Waals surface area contributed by atoms with Gasteiger partial charge in [0.25, 0.3) is 5.91 Å². The number of nitrogens with zero attached hydrogens (tertiary/aromatic N) is 2. The molecule has 0 radical (unpaired) electrons. The number of ether oxygens (including phenoxy) is 1. The summed E-state index contributed by atoms with van der Waals surface area (Å²) in [5.74, 6) is 0.0299. The zero-order valence-electron chi connectivity index (χ0n) is 16.1. The van der Waals surface area contributed by atoms with Crippen LogP contribution in [0.15, 0.2) is 48.5 Å². The first-order valence-electron chi connectivity index (χ1n) is 9.79. The quantitative estimate of drug-likeness (QED) is 0.807. The van der Waals surface area contributed by atoms with Gasteiger partial charge in [0.15, 0.2) is 0 Å². The fourth-order valence-corrected chi connectivity index (χ4v) is 3.93. The molecule has 2 heterocycles. The van der Waals surface area contributed by atoms with Crippen LogP contribution in [0, 0.1) is 0 Å². The summed E-state index contributed by atoms with van der Waals surface area (Å²) in [6.07, 6.45) is 3.90. The monoisotopic (exact) mass is 379 g/mol. The van der Waals surface area contributed by atoms with Gasteiger partial charge in [-0.25, -0.2) is 4.90 Å². The predicted octanol–water partition coefficient (Wildman–Crippen LogP) is 3.43. The molecule has 0 bridgehead atoms. The fraction of sp³-hybridized carbons (Fsp3) is 0.364. The number of nitrogens with one attached hydrogen (secondary N) is 1. The van der Waals surface area contributed by atoms with Gasteiger partial charge >= 0.3 is 0 Å². The number of carbonyl (C=O) groups is 2. The fourth-order valence-electron chi connectivity index (χ4n) is 3.93. The first kappa shape index (κ1) is 18.3. The molecule has 1 atom stereocenters. The Labute approximate surface area is 165 Å². The lowest BCUT2D eigenvalue weighted by atomic mass is 10.1. The third-order valence-corrected chi connectivity index (χ3v) is 5.40. The van der Waals surface area contributed by atoms with Crippen LogP contribution in [0.4, 0.5) is 17.1 Å². The molecule has 28 heavy (non-hydrogen) atoms. The second-order valence-electron chi connectivity index (χ2n) is 7.23. The van der Waals surface area contributed by atoms with Gasteiger partial charge in [-0.05, 0) is 55.7 Å². The van der Waals surface area contributed by atoms with Crippen molar-refractivity contribution in [3.63, 3.8) is 0 Å². The number of para-hydroxylation sites is 2. The minimum Gasteiger partial charge on any atom is -0.495 e. The van der Waals surface area contributed by atoms with Crippen molar-refractivity contribution in [2.45, 2.75) is 31.7 Å². The van der Waals surface area contributed by atoms with E-state index in [2.05, 4.69) is 22.3 Å². The average molecular weight is 379 g/mol. The summed E-state index contributed by atoms with van der Waals surface area (Å²) < 4.78 is 5.31. The van der Waals surface area contributed by atoms with E-state index < -0.39 is 6.04 Å². The Balaban J connectivity index is 1.47. The van der Waals surface area contributed by atoms with Gasteiger partial charge in [0.2, 0.25) is 5.91 Å². The summed E-state index contributed by atoms with van der Waals surface area (Å²) in [5.41, 5.74) is 2.54. The van der Waals surface area contributed by atoms with Gasteiger partial charge < -0.3 is 15.0 Å². The van der Waals surface area contributed by atoms with E-state index in [1.165, 1.54) is 37.0 Å². The standard InChI is InChI=1S/C22H25N3O3/c1-28-20-8-4-3-7-19(20)25-21(26)15-18(22(25)27)23-16-9-11-17(12-10-16)24-13-5-2-6-14-24/h3-4,7-12,18,23H,2,5-6,13-15H2,1H3/t18-/m1/s1. The number of carbonyl (C=O) groups excluding carboxylic acids is 2. The van der Waals surface area contributed by atoms with Gasteiger partial charge in [-0.3, -0.25) is 9.59 Å². The molecule has 0 aliphatic carbocycles. The first-order valence-corrected chi connectivity index (χ1v) is 9.79. The normalized spacial score (nSPS) is 19.8. The van der Waals surface area contributed by atoms with Crippen molar-refractivity contribution in [1.29, 1.82) is 0 Å². The summed E-state index contributed by atoms with van der Waals surface area (Å²) in [4.78, 5) is 29.0. The van der Waals surface area contributed by atoms with E-state index in [1.54, 1.807) is 18.2 Å². The molecule has 0 aromatic heterocycles. The van der Waals surface area contributed by atoms with Crippen LogP contribution >= 0.6 is 0 Å². The van der Waals surface area contributed by atoms with Crippen LogP contribution in [-0.2, 0) is 9.59 Å². The number of rotatable bonds is 5. The van der Waals surface area contributed by atoms with Crippen molar-refractivity contribution in [1.82, 2.24) is 0 Å². The van der Waals surface area contributed by atoms with Gasteiger partial charge in [-0.15, -0.1) is 0 Å². The molecule has 2 aromatic rings. The van der Waals surface area contributed by atoms with Gasteiger partial charge in [0, 0.05) is 24.5 Å². The SMILES string of the molecule is COc1ccccc1N1C(=O)C[C@@H](Nc2ccc(N3CCCCC3)cc2)C1=O. The lowest BCUT2D eigenvalue weighted by Crippen LogP contribution is -2.35. The maximum Gasteiger partial charge on any atom is 0.256 e. The molecule has 2 fully saturated rings. The van der Waals surface area contributed by atoms with Crippen molar-refractivity contribution in [3.8, 4) is 5.75 Å². The Morgan fingerprint density at radius 1 is 0.964 bits per heavy atom. The van der Waals surface area contributed by atoms with Crippen molar-refractivity contribution < 1.29 is 14.3 Å². The van der Waals surface area contributed by atoms with E-state index in [0.29, 0.717) is 11.4 Å². The largest absolute Gasteiger partial charge is 0.495 e. The molecular weight excluding hydrogens is 354 g/mol. The number of piperidine rings is 1. The van der Waals surface area contributed by atoms with E-state index in [1.807, 2.05) is 18.2 Å². The molecule has 2 aromatic carbocycles. The summed E-state index contributed by atoms with van der Waals surface area (Å²) in [7, 11) is 1.53. The number of anilines is 3. The maximum atomic E-state index is 12.9. The van der Waals surface area contributed by atoms with Crippen LogP contribution in [0.2, 0.25) is 0 Å². The summed E-state index contributed by atoms with van der Waals surface area (Å²) in [6.45, 7) is 2.19. The first-order chi connectivity index (χ1) is 13.7. The molecule has 0 saturated carbocycles. The van der Waals surface area contributed by atoms with E-state index in [9.17, 15) is 9.59 Å². The molecule has 2 saturated heterocycles. The Bertz CT molecular complexity index is 860. The molecule has 2 amide bonds. The van der Waals surface area contributed by atoms with Crippen molar-refractivity contribution >= 4 is 28.9 Å². The number of methoxy groups -OCH3 is 1. The number of hydrogen-bond acceptors (Lipinski definition) is 5. The van der Waals surface area contributed by atoms with E-state index in [-0.39, 0.29) is 18.2 Å². The molecule has 4 rings (SSSR count). The zero-order chi connectivity index (χ0) is 19.5. The van der Waals surface area contributed by atoms with Crippen LogP contribution in [0.5, 0.6) is 5.75 Å². The summed E-state index contributed by atoms with van der Waals surface area (Å²) in [5, 5.41) is 3.22. The lowest BCUT2D eigenvalue weighted by Gasteiger charge is -2.29. The van der Waals surface area contributed by atoms with E-state index in [4.69, 9.17) is 4.74 Å². The third kappa shape index (κ3) is 3.54. The minimum absolute atomic E-state index is 0.130. The highest BCUT2D eigenvalue weighted by Gasteiger charge is 2.40. The molecule has 0 unspecified atom stereocenters. The topological polar surface area (TPSA) is 61.9 Å². The molecule has 2 aliphatic rings. The number of benzene rings is 2. The molecule has 6 nitrogen and oxygen atoms in total. The highest BCUT2D eigenvalue weighted by molar-refractivity contribution is 6.23. The molecule has 2 aliphatic heterocycles. The Morgan fingerprint density at radius 2 is 1.68 bits per heavy atom. The molecule has 146 valence electrons.